The molecule has 2 amide bonds. The van der Waals surface area contributed by atoms with Crippen molar-refractivity contribution in [2.75, 3.05) is 6.54 Å². The molecule has 0 bridgehead atoms. The third-order valence-corrected chi connectivity index (χ3v) is 5.51. The second-order valence-electron chi connectivity index (χ2n) is 6.32. The molecule has 0 saturated carbocycles. The fourth-order valence-electron chi connectivity index (χ4n) is 2.27. The topological polar surface area (TPSA) is 54.5 Å². The van der Waals surface area contributed by atoms with Crippen LogP contribution in [0.25, 0.3) is 0 Å². The highest BCUT2D eigenvalue weighted by atomic mass is 32.2. The molecule has 1 fully saturated rings. The zero-order chi connectivity index (χ0) is 16.0. The zero-order valence-electron chi connectivity index (χ0n) is 13.6. The Labute approximate surface area is 132 Å². The molecule has 0 aliphatic carbocycles. The number of Topliss-reactive ketones (excluding diaryl/α,β-unsaturated/α-hetero) is 1. The Kier molecular flexibility index (Phi) is 6.98. The van der Waals surface area contributed by atoms with E-state index in [0.717, 1.165) is 25.7 Å². The molecule has 0 aromatic rings. The minimum Gasteiger partial charge on any atom is -0.300 e. The van der Waals surface area contributed by atoms with Crippen molar-refractivity contribution in [3.05, 3.63) is 0 Å². The fourth-order valence-corrected chi connectivity index (χ4v) is 3.66. The molecule has 0 radical (unpaired) electrons. The van der Waals surface area contributed by atoms with Crippen molar-refractivity contribution in [2.45, 2.75) is 69.2 Å². The molecular formula is C15H26BNO3S. The molecule has 1 saturated heterocycles. The van der Waals surface area contributed by atoms with Crippen molar-refractivity contribution in [3.8, 4) is 0 Å². The SMILES string of the molecule is BC(C)(CC)SC1CC(=O)N(CCCCCC(C)=O)C1=O. The molecule has 6 heteroatoms. The molecule has 1 aliphatic heterocycles. The van der Waals surface area contributed by atoms with E-state index in [1.165, 1.54) is 4.90 Å². The number of unbranched alkanes of at least 4 members (excludes halogenated alkanes) is 2. The van der Waals surface area contributed by atoms with E-state index in [4.69, 9.17) is 0 Å². The lowest BCUT2D eigenvalue weighted by Crippen LogP contribution is -2.34. The van der Waals surface area contributed by atoms with Crippen LogP contribution in [-0.4, -0.2) is 46.8 Å². The number of hydrogen-bond donors (Lipinski definition) is 0. The van der Waals surface area contributed by atoms with Crippen molar-refractivity contribution in [3.63, 3.8) is 0 Å². The maximum Gasteiger partial charge on any atom is 0.242 e. The van der Waals surface area contributed by atoms with Gasteiger partial charge in [-0.1, -0.05) is 20.3 Å². The normalized spacial score (nSPS) is 21.7. The average molecular weight is 311 g/mol. The van der Waals surface area contributed by atoms with Crippen LogP contribution < -0.4 is 0 Å². The summed E-state index contributed by atoms with van der Waals surface area (Å²) in [6.07, 6.45) is 4.41. The molecule has 1 heterocycles. The van der Waals surface area contributed by atoms with Gasteiger partial charge in [-0.2, -0.15) is 11.8 Å². The number of carbonyl (C=O) groups excluding carboxylic acids is 3. The summed E-state index contributed by atoms with van der Waals surface area (Å²) in [7, 11) is 2.11. The second-order valence-corrected chi connectivity index (χ2v) is 8.23. The van der Waals surface area contributed by atoms with E-state index in [-0.39, 0.29) is 27.5 Å². The van der Waals surface area contributed by atoms with Crippen molar-refractivity contribution >= 4 is 37.2 Å². The first kappa shape index (κ1) is 18.3. The number of thioether (sulfide) groups is 1. The summed E-state index contributed by atoms with van der Waals surface area (Å²) in [6, 6.07) is 0. The summed E-state index contributed by atoms with van der Waals surface area (Å²) in [5, 5.41) is -0.218. The number of imide groups is 1. The lowest BCUT2D eigenvalue weighted by molar-refractivity contribution is -0.138. The van der Waals surface area contributed by atoms with Crippen molar-refractivity contribution < 1.29 is 14.4 Å². The first-order valence-electron chi connectivity index (χ1n) is 7.78. The van der Waals surface area contributed by atoms with Gasteiger partial charge in [0, 0.05) is 19.4 Å². The number of hydrogen-bond acceptors (Lipinski definition) is 4. The summed E-state index contributed by atoms with van der Waals surface area (Å²) in [5.74, 6) is 0.121. The number of amides is 2. The third kappa shape index (κ3) is 5.85. The van der Waals surface area contributed by atoms with E-state index in [9.17, 15) is 14.4 Å². The quantitative estimate of drug-likeness (QED) is 0.370. The Morgan fingerprint density at radius 2 is 2.05 bits per heavy atom. The maximum atomic E-state index is 12.3. The predicted molar refractivity (Wildman–Crippen MR) is 89.1 cm³/mol. The summed E-state index contributed by atoms with van der Waals surface area (Å²) in [4.78, 5) is 36.6. The summed E-state index contributed by atoms with van der Waals surface area (Å²) in [6.45, 7) is 6.30. The van der Waals surface area contributed by atoms with Crippen LogP contribution in [0.5, 0.6) is 0 Å². The molecule has 0 aromatic carbocycles. The van der Waals surface area contributed by atoms with Gasteiger partial charge in [0.05, 0.1) is 5.25 Å². The molecular weight excluding hydrogens is 285 g/mol. The molecule has 0 spiro atoms. The molecule has 1 rings (SSSR count). The predicted octanol–water partition coefficient (Wildman–Crippen LogP) is 1.76. The number of ketones is 1. The second kappa shape index (κ2) is 8.02. The first-order chi connectivity index (χ1) is 9.76. The van der Waals surface area contributed by atoms with E-state index in [2.05, 4.69) is 21.7 Å². The van der Waals surface area contributed by atoms with E-state index in [1.54, 1.807) is 18.7 Å². The van der Waals surface area contributed by atoms with Crippen LogP contribution in [0.2, 0.25) is 0 Å². The van der Waals surface area contributed by atoms with Crippen LogP contribution in [0.3, 0.4) is 0 Å². The van der Waals surface area contributed by atoms with Gasteiger partial charge in [-0.3, -0.25) is 14.5 Å². The Hall–Kier alpha value is -0.775. The Bertz CT molecular complexity index is 412. The monoisotopic (exact) mass is 311 g/mol. The number of carbonyl (C=O) groups is 3. The molecule has 0 N–H and O–H groups in total. The van der Waals surface area contributed by atoms with Crippen LogP contribution >= 0.6 is 11.8 Å². The van der Waals surface area contributed by atoms with Gasteiger partial charge >= 0.3 is 0 Å². The first-order valence-corrected chi connectivity index (χ1v) is 8.66. The van der Waals surface area contributed by atoms with E-state index in [0.29, 0.717) is 19.4 Å². The number of likely N-dealkylation sites (tertiary alicyclic amines) is 1. The fraction of sp³-hybridized carbons (Fsp3) is 0.800. The van der Waals surface area contributed by atoms with Gasteiger partial charge in [0.15, 0.2) is 0 Å². The summed E-state index contributed by atoms with van der Waals surface area (Å²) < 4.78 is 0.0259. The van der Waals surface area contributed by atoms with Gasteiger partial charge in [0.2, 0.25) is 11.8 Å². The Morgan fingerprint density at radius 3 is 2.62 bits per heavy atom. The van der Waals surface area contributed by atoms with E-state index < -0.39 is 0 Å². The zero-order valence-corrected chi connectivity index (χ0v) is 14.4. The van der Waals surface area contributed by atoms with Gasteiger partial charge in [-0.25, -0.2) is 0 Å². The van der Waals surface area contributed by atoms with Crippen LogP contribution in [0.4, 0.5) is 0 Å². The highest BCUT2D eigenvalue weighted by Gasteiger charge is 2.40. The smallest absolute Gasteiger partial charge is 0.242 e. The standard InChI is InChI=1S/C15H26BNO3S/c1-4-15(3,16)21-12-10-13(19)17(14(12)20)9-7-5-6-8-11(2)18/h12H,4-10,16H2,1-3H3. The molecule has 21 heavy (non-hydrogen) atoms. The molecule has 4 nitrogen and oxygen atoms in total. The minimum atomic E-state index is -0.218. The van der Waals surface area contributed by atoms with Gasteiger partial charge in [0.1, 0.15) is 13.6 Å². The van der Waals surface area contributed by atoms with Crippen molar-refractivity contribution in [2.24, 2.45) is 0 Å². The maximum absolute atomic E-state index is 12.3. The van der Waals surface area contributed by atoms with Crippen LogP contribution in [0.15, 0.2) is 0 Å². The highest BCUT2D eigenvalue weighted by molar-refractivity contribution is 8.03. The minimum absolute atomic E-state index is 0.0259. The number of nitrogens with zero attached hydrogens (tertiary/aromatic N) is 1. The average Bonchev–Trinajstić information content (AvgIpc) is 2.64. The molecule has 118 valence electrons. The highest BCUT2D eigenvalue weighted by Crippen LogP contribution is 2.35. The lowest BCUT2D eigenvalue weighted by atomic mass is 9.86. The molecule has 2 atom stereocenters. The van der Waals surface area contributed by atoms with E-state index >= 15 is 0 Å². The van der Waals surface area contributed by atoms with Gasteiger partial charge in [-0.05, 0) is 30.8 Å². The van der Waals surface area contributed by atoms with Gasteiger partial charge in [0.25, 0.3) is 0 Å². The molecule has 2 unspecified atom stereocenters. The van der Waals surface area contributed by atoms with Crippen LogP contribution in [0.1, 0.15) is 59.3 Å². The van der Waals surface area contributed by atoms with Crippen molar-refractivity contribution in [1.29, 1.82) is 0 Å². The summed E-state index contributed by atoms with van der Waals surface area (Å²) >= 11 is 1.62. The van der Waals surface area contributed by atoms with Crippen molar-refractivity contribution in [1.82, 2.24) is 4.90 Å². The Balaban J connectivity index is 2.41. The number of rotatable bonds is 9. The van der Waals surface area contributed by atoms with E-state index in [1.807, 2.05) is 0 Å². The summed E-state index contributed by atoms with van der Waals surface area (Å²) in [5.41, 5.74) is 0. The van der Waals surface area contributed by atoms with Crippen LogP contribution in [0, 0.1) is 0 Å². The Morgan fingerprint density at radius 1 is 1.38 bits per heavy atom. The van der Waals surface area contributed by atoms with Crippen LogP contribution in [-0.2, 0) is 14.4 Å². The third-order valence-electron chi connectivity index (χ3n) is 3.93. The largest absolute Gasteiger partial charge is 0.300 e. The van der Waals surface area contributed by atoms with Gasteiger partial charge < -0.3 is 4.79 Å². The lowest BCUT2D eigenvalue weighted by Gasteiger charge is -2.25. The van der Waals surface area contributed by atoms with Gasteiger partial charge in [-0.15, -0.1) is 0 Å². The molecule has 0 aromatic heterocycles. The molecule has 1 aliphatic rings.